The SMILES string of the molecule is CSC(CNc1cc(-c2cnc3c(cnn3C3CNC3)c2)ncn1)c1ccnc2c1OCCO2. The number of anilines is 1. The van der Waals surface area contributed by atoms with Gasteiger partial charge in [-0.05, 0) is 18.4 Å². The molecule has 0 saturated carbocycles. The Labute approximate surface area is 200 Å². The van der Waals surface area contributed by atoms with Crippen LogP contribution in [0.15, 0.2) is 43.1 Å². The Hall–Kier alpha value is -3.44. The number of nitrogens with one attached hydrogen (secondary N) is 2. The fourth-order valence-corrected chi connectivity index (χ4v) is 4.84. The van der Waals surface area contributed by atoms with Crippen LogP contribution < -0.4 is 20.1 Å². The van der Waals surface area contributed by atoms with Crippen LogP contribution in [0, 0.1) is 0 Å². The van der Waals surface area contributed by atoms with E-state index in [1.807, 2.05) is 29.2 Å². The molecule has 0 radical (unpaired) electrons. The molecular weight excluding hydrogens is 452 g/mol. The quantitative estimate of drug-likeness (QED) is 0.413. The van der Waals surface area contributed by atoms with Gasteiger partial charge in [0.1, 0.15) is 25.4 Å². The third-order valence-corrected chi connectivity index (χ3v) is 7.06. The minimum absolute atomic E-state index is 0.140. The van der Waals surface area contributed by atoms with E-state index in [2.05, 4.69) is 48.0 Å². The second-order valence-corrected chi connectivity index (χ2v) is 9.20. The minimum Gasteiger partial charge on any atom is -0.484 e. The summed E-state index contributed by atoms with van der Waals surface area (Å²) < 4.78 is 13.5. The summed E-state index contributed by atoms with van der Waals surface area (Å²) in [4.78, 5) is 17.9. The third kappa shape index (κ3) is 3.90. The monoisotopic (exact) mass is 476 g/mol. The number of nitrogens with zero attached hydrogens (tertiary/aromatic N) is 6. The van der Waals surface area contributed by atoms with Gasteiger partial charge in [0.25, 0.3) is 5.88 Å². The van der Waals surface area contributed by atoms with Crippen LogP contribution in [0.5, 0.6) is 11.6 Å². The number of hydrogen-bond donors (Lipinski definition) is 2. The normalized spacial score (nSPS) is 16.3. The molecule has 11 heteroatoms. The first-order chi connectivity index (χ1) is 16.8. The Morgan fingerprint density at radius 2 is 2.06 bits per heavy atom. The minimum atomic E-state index is 0.140. The van der Waals surface area contributed by atoms with Crippen molar-refractivity contribution in [3.8, 4) is 22.9 Å². The van der Waals surface area contributed by atoms with Crippen LogP contribution in [0.3, 0.4) is 0 Å². The van der Waals surface area contributed by atoms with Crippen molar-refractivity contribution in [2.75, 3.05) is 44.4 Å². The first-order valence-electron chi connectivity index (χ1n) is 11.2. The van der Waals surface area contributed by atoms with Crippen molar-refractivity contribution in [1.82, 2.24) is 35.0 Å². The van der Waals surface area contributed by atoms with Crippen LogP contribution in [-0.2, 0) is 0 Å². The van der Waals surface area contributed by atoms with E-state index in [1.54, 1.807) is 24.3 Å². The molecule has 1 atom stereocenters. The van der Waals surface area contributed by atoms with Crippen molar-refractivity contribution in [2.45, 2.75) is 11.3 Å². The van der Waals surface area contributed by atoms with Gasteiger partial charge in [0.05, 0.1) is 23.2 Å². The molecule has 0 amide bonds. The van der Waals surface area contributed by atoms with Crippen LogP contribution in [0.2, 0.25) is 0 Å². The van der Waals surface area contributed by atoms with Gasteiger partial charge < -0.3 is 20.1 Å². The molecule has 10 nitrogen and oxygen atoms in total. The van der Waals surface area contributed by atoms with Gasteiger partial charge in [-0.15, -0.1) is 0 Å². The zero-order chi connectivity index (χ0) is 22.9. The predicted octanol–water partition coefficient (Wildman–Crippen LogP) is 2.71. The Bertz CT molecular complexity index is 1330. The molecule has 0 aliphatic carbocycles. The molecule has 4 aromatic heterocycles. The number of pyridine rings is 2. The van der Waals surface area contributed by atoms with E-state index in [0.29, 0.717) is 31.7 Å². The highest BCUT2D eigenvalue weighted by atomic mass is 32.2. The van der Waals surface area contributed by atoms with Gasteiger partial charge in [0.2, 0.25) is 0 Å². The van der Waals surface area contributed by atoms with Crippen LogP contribution in [0.1, 0.15) is 16.9 Å². The molecule has 0 aromatic carbocycles. The van der Waals surface area contributed by atoms with E-state index in [0.717, 1.165) is 52.5 Å². The standard InChI is InChI=1S/C23H24N8O2S/c1-34-19(17-2-3-25-23-21(17)32-4-5-33-23)12-26-20-7-18(28-13-29-20)14-6-15-9-30-31(16-10-24-11-16)22(15)27-8-14/h2-3,6-9,13,16,19,24H,4-5,10-12H2,1H3,(H,26,28,29). The molecule has 2 aliphatic rings. The van der Waals surface area contributed by atoms with Crippen LogP contribution >= 0.6 is 11.8 Å². The molecule has 2 N–H and O–H groups in total. The fourth-order valence-electron chi connectivity index (χ4n) is 4.15. The molecule has 0 bridgehead atoms. The lowest BCUT2D eigenvalue weighted by Crippen LogP contribution is -2.43. The van der Waals surface area contributed by atoms with Crippen molar-refractivity contribution < 1.29 is 9.47 Å². The molecule has 4 aromatic rings. The Balaban J connectivity index is 1.20. The number of fused-ring (bicyclic) bond motifs is 2. The molecular formula is C23H24N8O2S. The van der Waals surface area contributed by atoms with Crippen molar-refractivity contribution >= 4 is 28.6 Å². The highest BCUT2D eigenvalue weighted by Gasteiger charge is 2.24. The van der Waals surface area contributed by atoms with Gasteiger partial charge in [-0.25, -0.2) is 24.6 Å². The lowest BCUT2D eigenvalue weighted by molar-refractivity contribution is 0.163. The number of thioether (sulfide) groups is 1. The van der Waals surface area contributed by atoms with Crippen molar-refractivity contribution in [3.05, 3.63) is 48.7 Å². The zero-order valence-electron chi connectivity index (χ0n) is 18.6. The highest BCUT2D eigenvalue weighted by Crippen LogP contribution is 2.39. The Kier molecular flexibility index (Phi) is 5.63. The lowest BCUT2D eigenvalue weighted by atomic mass is 10.1. The lowest BCUT2D eigenvalue weighted by Gasteiger charge is -2.27. The molecule has 174 valence electrons. The van der Waals surface area contributed by atoms with E-state index < -0.39 is 0 Å². The number of ether oxygens (including phenoxy) is 2. The summed E-state index contributed by atoms with van der Waals surface area (Å²) in [6.45, 7) is 3.58. The van der Waals surface area contributed by atoms with Gasteiger partial charge in [-0.3, -0.25) is 0 Å². The zero-order valence-corrected chi connectivity index (χ0v) is 19.5. The van der Waals surface area contributed by atoms with Crippen LogP contribution in [0.25, 0.3) is 22.3 Å². The summed E-state index contributed by atoms with van der Waals surface area (Å²) in [5, 5.41) is 12.4. The van der Waals surface area contributed by atoms with Gasteiger partial charge in [0.15, 0.2) is 11.4 Å². The third-order valence-electron chi connectivity index (χ3n) is 6.07. The van der Waals surface area contributed by atoms with E-state index in [4.69, 9.17) is 9.47 Å². The van der Waals surface area contributed by atoms with Gasteiger partial charge in [0, 0.05) is 54.6 Å². The largest absolute Gasteiger partial charge is 0.484 e. The Morgan fingerprint density at radius 1 is 1.15 bits per heavy atom. The first kappa shape index (κ1) is 21.1. The molecule has 1 unspecified atom stereocenters. The molecule has 34 heavy (non-hydrogen) atoms. The molecule has 0 spiro atoms. The molecule has 6 heterocycles. The number of aromatic nitrogens is 6. The van der Waals surface area contributed by atoms with Gasteiger partial charge in [-0.1, -0.05) is 0 Å². The summed E-state index contributed by atoms with van der Waals surface area (Å²) in [6.07, 6.45) is 9.14. The van der Waals surface area contributed by atoms with E-state index in [-0.39, 0.29) is 5.25 Å². The summed E-state index contributed by atoms with van der Waals surface area (Å²) in [5.41, 5.74) is 3.70. The van der Waals surface area contributed by atoms with Crippen LogP contribution in [0.4, 0.5) is 5.82 Å². The molecule has 1 saturated heterocycles. The average Bonchev–Trinajstić information content (AvgIpc) is 3.26. The Morgan fingerprint density at radius 3 is 2.91 bits per heavy atom. The first-order valence-corrected chi connectivity index (χ1v) is 12.5. The number of rotatable bonds is 7. The van der Waals surface area contributed by atoms with Crippen molar-refractivity contribution in [2.24, 2.45) is 0 Å². The van der Waals surface area contributed by atoms with Crippen molar-refractivity contribution in [1.29, 1.82) is 0 Å². The smallest absolute Gasteiger partial charge is 0.257 e. The van der Waals surface area contributed by atoms with E-state index in [9.17, 15) is 0 Å². The second kappa shape index (κ2) is 9.07. The molecule has 6 rings (SSSR count). The average molecular weight is 477 g/mol. The fraction of sp³-hybridized carbons (Fsp3) is 0.348. The summed E-state index contributed by atoms with van der Waals surface area (Å²) in [7, 11) is 0. The maximum Gasteiger partial charge on any atom is 0.257 e. The highest BCUT2D eigenvalue weighted by molar-refractivity contribution is 7.98. The maximum atomic E-state index is 5.86. The van der Waals surface area contributed by atoms with E-state index in [1.165, 1.54) is 0 Å². The summed E-state index contributed by atoms with van der Waals surface area (Å²) in [6, 6.07) is 6.39. The summed E-state index contributed by atoms with van der Waals surface area (Å²) >= 11 is 1.74. The van der Waals surface area contributed by atoms with Crippen molar-refractivity contribution in [3.63, 3.8) is 0 Å². The van der Waals surface area contributed by atoms with E-state index >= 15 is 0 Å². The predicted molar refractivity (Wildman–Crippen MR) is 130 cm³/mol. The second-order valence-electron chi connectivity index (χ2n) is 8.16. The maximum absolute atomic E-state index is 5.86. The summed E-state index contributed by atoms with van der Waals surface area (Å²) in [5.74, 6) is 2.04. The number of hydrogen-bond acceptors (Lipinski definition) is 10. The molecule has 1 fully saturated rings. The van der Waals surface area contributed by atoms with Crippen LogP contribution in [-0.4, -0.2) is 68.8 Å². The molecule has 2 aliphatic heterocycles. The topological polar surface area (TPSA) is 112 Å². The van der Waals surface area contributed by atoms with Gasteiger partial charge in [-0.2, -0.15) is 16.9 Å². The van der Waals surface area contributed by atoms with Gasteiger partial charge >= 0.3 is 0 Å².